The number of aromatic nitrogens is 1. The van der Waals surface area contributed by atoms with Gasteiger partial charge in [-0.25, -0.2) is 35.7 Å². The first-order valence-corrected chi connectivity index (χ1v) is 11.3. The van der Waals surface area contributed by atoms with Crippen molar-refractivity contribution in [2.45, 2.75) is 0 Å². The maximum Gasteiger partial charge on any atom is 0.277 e. The molecule has 8 nitrogen and oxygen atoms in total. The highest BCUT2D eigenvalue weighted by Crippen LogP contribution is 2.36. The van der Waals surface area contributed by atoms with Crippen molar-refractivity contribution < 1.29 is 44.4 Å². The average Bonchev–Trinajstić information content (AvgIpc) is 3.24. The van der Waals surface area contributed by atoms with Gasteiger partial charge in [0.25, 0.3) is 11.8 Å². The van der Waals surface area contributed by atoms with E-state index in [1.807, 2.05) is 0 Å². The largest absolute Gasteiger partial charge is 0.497 e. The topological polar surface area (TPSA) is 114 Å². The predicted molar refractivity (Wildman–Crippen MR) is 111 cm³/mol. The van der Waals surface area contributed by atoms with Crippen LogP contribution >= 0.6 is 11.3 Å². The van der Waals surface area contributed by atoms with E-state index in [-0.39, 0.29) is 5.75 Å². The number of hydrogen-bond donors (Lipinski definition) is 2. The Hall–Kier alpha value is -3.52. The van der Waals surface area contributed by atoms with Gasteiger partial charge in [-0.2, -0.15) is 0 Å². The number of carbonyl (C=O) groups excluding carboxylic acids is 2. The van der Waals surface area contributed by atoms with Crippen LogP contribution < -0.4 is 14.8 Å². The Labute approximate surface area is 192 Å². The quantitative estimate of drug-likeness (QED) is 0.392. The molecular weight excluding hydrogens is 490 g/mol. The lowest BCUT2D eigenvalue weighted by Gasteiger charge is -2.13. The predicted octanol–water partition coefficient (Wildman–Crippen LogP) is 3.32. The van der Waals surface area contributed by atoms with Gasteiger partial charge < -0.3 is 10.1 Å². The Morgan fingerprint density at radius 3 is 2.36 bits per heavy atom. The zero-order chi connectivity index (χ0) is 27.0. The summed E-state index contributed by atoms with van der Waals surface area (Å²) in [6.07, 6.45) is 0.661. The van der Waals surface area contributed by atoms with E-state index in [1.165, 1.54) is 0 Å². The van der Waals surface area contributed by atoms with E-state index in [2.05, 4.69) is 9.72 Å². The zero-order valence-electron chi connectivity index (χ0n) is 19.2. The van der Waals surface area contributed by atoms with E-state index in [0.29, 0.717) is 17.6 Å². The number of hydrogen-bond acceptors (Lipinski definition) is 7. The third-order valence-electron chi connectivity index (χ3n) is 4.01. The van der Waals surface area contributed by atoms with Gasteiger partial charge >= 0.3 is 0 Å². The Bertz CT molecular complexity index is 1450. The number of halogens is 4. The molecule has 0 fully saturated rings. The molecule has 1 heterocycles. The minimum atomic E-state index is -4.03. The second-order valence-electron chi connectivity index (χ2n) is 6.32. The minimum Gasteiger partial charge on any atom is -0.497 e. The maximum absolute atomic E-state index is 14.8. The lowest BCUT2D eigenvalue weighted by Crippen LogP contribution is -2.30. The van der Waals surface area contributed by atoms with Crippen molar-refractivity contribution >= 4 is 38.9 Å². The fourth-order valence-corrected chi connectivity index (χ4v) is 3.85. The van der Waals surface area contributed by atoms with E-state index in [9.17, 15) is 35.6 Å². The van der Waals surface area contributed by atoms with Crippen LogP contribution in [-0.4, -0.2) is 38.5 Å². The number of anilines is 1. The number of nitrogens with one attached hydrogen (secondary N) is 2. The van der Waals surface area contributed by atoms with Crippen molar-refractivity contribution in [3.8, 4) is 16.9 Å². The lowest BCUT2D eigenvalue weighted by atomic mass is 10.0. The summed E-state index contributed by atoms with van der Waals surface area (Å²) in [6.45, 7) is 0. The van der Waals surface area contributed by atoms with Gasteiger partial charge in [-0.15, -0.1) is 11.3 Å². The fraction of sp³-hybridized carbons (Fsp3) is 0.105. The first kappa shape index (κ1) is 20.1. The van der Waals surface area contributed by atoms with Crippen molar-refractivity contribution in [3.05, 3.63) is 63.6 Å². The average molecular weight is 506 g/mol. The van der Waals surface area contributed by atoms with Crippen LogP contribution in [0.1, 0.15) is 24.3 Å². The number of ether oxygens (including phenoxy) is 1. The molecule has 2 amide bonds. The summed E-state index contributed by atoms with van der Waals surface area (Å²) in [5.74, 6) is -11.0. The minimum absolute atomic E-state index is 0.368. The molecular formula is C19H13F4N3O5S2. The standard InChI is InChI=1S/C19H13F4N3O5S2/c1-31-9-5-3-4-8(6-9)10-11(20)13(22)15(14(23)12(10)21)25-18(27)16-17(32-7-24-16)19(28)26-33(2,29)30/h3-7H,1-2H3,(H,25,27)(H,26,28)/i1D3. The van der Waals surface area contributed by atoms with Gasteiger partial charge in [-0.05, 0) is 17.7 Å². The van der Waals surface area contributed by atoms with Crippen LogP contribution in [0.5, 0.6) is 5.75 Å². The highest BCUT2D eigenvalue weighted by Gasteiger charge is 2.30. The highest BCUT2D eigenvalue weighted by molar-refractivity contribution is 7.89. The number of nitrogens with zero attached hydrogens (tertiary/aromatic N) is 1. The molecule has 0 aliphatic rings. The molecule has 2 N–H and O–H groups in total. The molecule has 0 aliphatic heterocycles. The summed E-state index contributed by atoms with van der Waals surface area (Å²) in [4.78, 5) is 27.5. The van der Waals surface area contributed by atoms with Gasteiger partial charge in [0.05, 0.1) is 28.5 Å². The van der Waals surface area contributed by atoms with Crippen LogP contribution in [0.3, 0.4) is 0 Å². The van der Waals surface area contributed by atoms with E-state index >= 15 is 0 Å². The number of benzene rings is 2. The molecule has 0 saturated carbocycles. The molecule has 0 saturated heterocycles. The normalized spacial score (nSPS) is 12.9. The Morgan fingerprint density at radius 1 is 1.09 bits per heavy atom. The van der Waals surface area contributed by atoms with Crippen molar-refractivity contribution in [3.63, 3.8) is 0 Å². The first-order valence-electron chi connectivity index (χ1n) is 10.0. The Kier molecular flexibility index (Phi) is 5.58. The smallest absolute Gasteiger partial charge is 0.277 e. The molecule has 1 aromatic heterocycles. The van der Waals surface area contributed by atoms with E-state index in [0.717, 1.165) is 29.8 Å². The van der Waals surface area contributed by atoms with Crippen LogP contribution in [0.15, 0.2) is 29.8 Å². The van der Waals surface area contributed by atoms with Gasteiger partial charge in [-0.3, -0.25) is 9.59 Å². The van der Waals surface area contributed by atoms with Crippen LogP contribution in [0, 0.1) is 23.3 Å². The molecule has 2 aromatic carbocycles. The van der Waals surface area contributed by atoms with Crippen molar-refractivity contribution in [2.75, 3.05) is 18.6 Å². The number of amides is 2. The van der Waals surface area contributed by atoms with Crippen LogP contribution in [0.2, 0.25) is 0 Å². The number of thiazole rings is 1. The molecule has 0 spiro atoms. The lowest BCUT2D eigenvalue weighted by molar-refractivity contribution is 0.0965. The molecule has 0 radical (unpaired) electrons. The number of sulfonamides is 1. The molecule has 0 bridgehead atoms. The summed E-state index contributed by atoms with van der Waals surface area (Å²) in [6, 6.07) is 4.14. The number of carbonyl (C=O) groups is 2. The number of rotatable bonds is 6. The molecule has 0 atom stereocenters. The highest BCUT2D eigenvalue weighted by atomic mass is 32.2. The Balaban J connectivity index is 1.99. The summed E-state index contributed by atoms with van der Waals surface area (Å²) < 4.78 is 109. The second-order valence-corrected chi connectivity index (χ2v) is 8.93. The molecule has 0 unspecified atom stereocenters. The maximum atomic E-state index is 14.8. The Morgan fingerprint density at radius 2 is 1.76 bits per heavy atom. The van der Waals surface area contributed by atoms with Gasteiger partial charge in [-0.1, -0.05) is 12.1 Å². The third-order valence-corrected chi connectivity index (χ3v) is 5.39. The van der Waals surface area contributed by atoms with E-state index < -0.39 is 79.5 Å². The molecule has 3 aromatic rings. The van der Waals surface area contributed by atoms with Crippen LogP contribution in [-0.2, 0) is 10.0 Å². The molecule has 33 heavy (non-hydrogen) atoms. The second kappa shape index (κ2) is 9.15. The van der Waals surface area contributed by atoms with Gasteiger partial charge in [0.1, 0.15) is 16.3 Å². The van der Waals surface area contributed by atoms with E-state index in [1.54, 1.807) is 10.0 Å². The van der Waals surface area contributed by atoms with Crippen molar-refractivity contribution in [2.24, 2.45) is 0 Å². The van der Waals surface area contributed by atoms with Gasteiger partial charge in [0.15, 0.2) is 29.0 Å². The number of methoxy groups -OCH3 is 1. The summed E-state index contributed by atoms with van der Waals surface area (Å²) in [5.41, 5.74) is -3.03. The summed E-state index contributed by atoms with van der Waals surface area (Å²) >= 11 is 0.521. The molecule has 14 heteroatoms. The molecule has 0 aliphatic carbocycles. The van der Waals surface area contributed by atoms with Crippen LogP contribution in [0.25, 0.3) is 11.1 Å². The fourth-order valence-electron chi connectivity index (χ4n) is 2.67. The summed E-state index contributed by atoms with van der Waals surface area (Å²) in [7, 11) is -6.94. The van der Waals surface area contributed by atoms with Crippen LogP contribution in [0.4, 0.5) is 23.2 Å². The van der Waals surface area contributed by atoms with Gasteiger partial charge in [0.2, 0.25) is 10.0 Å². The SMILES string of the molecule is [2H]C([2H])([2H])Oc1cccc(-c2c(F)c(F)c(NC(=O)c3ncsc3C(=O)NS(C)(=O)=O)c(F)c2F)c1. The zero-order valence-corrected chi connectivity index (χ0v) is 17.8. The monoisotopic (exact) mass is 506 g/mol. The molecule has 3 rings (SSSR count). The first-order chi connectivity index (χ1) is 16.6. The summed E-state index contributed by atoms with van der Waals surface area (Å²) in [5, 5.41) is 1.59. The van der Waals surface area contributed by atoms with Crippen molar-refractivity contribution in [1.82, 2.24) is 9.71 Å². The van der Waals surface area contributed by atoms with Crippen molar-refractivity contribution in [1.29, 1.82) is 0 Å². The van der Waals surface area contributed by atoms with E-state index in [4.69, 9.17) is 4.11 Å². The third kappa shape index (κ3) is 4.96. The van der Waals surface area contributed by atoms with Gasteiger partial charge in [0, 0.05) is 0 Å². The molecule has 174 valence electrons.